The lowest BCUT2D eigenvalue weighted by Gasteiger charge is -2.23. The minimum absolute atomic E-state index is 0.212. The molecule has 0 atom stereocenters. The van der Waals surface area contributed by atoms with E-state index in [0.717, 1.165) is 36.7 Å². The van der Waals surface area contributed by atoms with E-state index in [4.69, 9.17) is 11.6 Å². The maximum atomic E-state index is 13.7. The molecule has 3 aromatic rings. The molecule has 0 bridgehead atoms. The van der Waals surface area contributed by atoms with Crippen molar-refractivity contribution in [3.05, 3.63) is 69.4 Å². The van der Waals surface area contributed by atoms with Crippen LogP contribution in [0.1, 0.15) is 29.3 Å². The highest BCUT2D eigenvalue weighted by Crippen LogP contribution is 2.34. The van der Waals surface area contributed by atoms with Crippen LogP contribution in [0, 0.1) is 18.6 Å². The van der Waals surface area contributed by atoms with Crippen LogP contribution in [0.5, 0.6) is 0 Å². The van der Waals surface area contributed by atoms with Crippen molar-refractivity contribution in [2.24, 2.45) is 0 Å². The summed E-state index contributed by atoms with van der Waals surface area (Å²) in [7, 11) is 2.13. The number of likely N-dealkylation sites (N-methyl/N-ethyl adjacent to an activating group) is 1. The van der Waals surface area contributed by atoms with Gasteiger partial charge in [-0.15, -0.1) is 0 Å². The molecule has 0 saturated heterocycles. The lowest BCUT2D eigenvalue weighted by molar-refractivity contribution is 0.312. The van der Waals surface area contributed by atoms with E-state index in [1.54, 1.807) is 0 Å². The Hall–Kier alpha value is -2.17. The molecular weight excluding hydrogens is 366 g/mol. The first-order chi connectivity index (χ1) is 12.8. The minimum Gasteiger partial charge on any atom is -0.320 e. The summed E-state index contributed by atoms with van der Waals surface area (Å²) in [6, 6.07) is 8.64. The van der Waals surface area contributed by atoms with Gasteiger partial charge in [0, 0.05) is 42.4 Å². The number of halogens is 3. The zero-order chi connectivity index (χ0) is 19.3. The van der Waals surface area contributed by atoms with Crippen molar-refractivity contribution in [2.45, 2.75) is 26.8 Å². The molecule has 2 nitrogen and oxygen atoms in total. The van der Waals surface area contributed by atoms with E-state index in [9.17, 15) is 8.78 Å². The molecule has 2 aromatic carbocycles. The van der Waals surface area contributed by atoms with E-state index in [1.165, 1.54) is 28.3 Å². The van der Waals surface area contributed by atoms with Gasteiger partial charge in [0.2, 0.25) is 0 Å². The van der Waals surface area contributed by atoms with Crippen LogP contribution in [0.4, 0.5) is 8.78 Å². The molecule has 0 fully saturated rings. The van der Waals surface area contributed by atoms with Crippen LogP contribution in [0.2, 0.25) is 5.02 Å². The first kappa shape index (κ1) is 18.2. The number of benzene rings is 2. The maximum absolute atomic E-state index is 13.7. The largest absolute Gasteiger partial charge is 0.320 e. The van der Waals surface area contributed by atoms with Gasteiger partial charge in [-0.3, -0.25) is 0 Å². The smallest absolute Gasteiger partial charge is 0.160 e. The van der Waals surface area contributed by atoms with Crippen LogP contribution in [0.3, 0.4) is 0 Å². The van der Waals surface area contributed by atoms with Gasteiger partial charge >= 0.3 is 0 Å². The van der Waals surface area contributed by atoms with Crippen LogP contribution in [0.25, 0.3) is 22.7 Å². The first-order valence-corrected chi connectivity index (χ1v) is 9.37. The molecule has 27 heavy (non-hydrogen) atoms. The van der Waals surface area contributed by atoms with Gasteiger partial charge in [-0.25, -0.2) is 8.78 Å². The molecule has 1 aliphatic rings. The van der Waals surface area contributed by atoms with E-state index in [2.05, 4.69) is 41.6 Å². The predicted octanol–water partition coefficient (Wildman–Crippen LogP) is 5.89. The van der Waals surface area contributed by atoms with E-state index in [-0.39, 0.29) is 5.02 Å². The summed E-state index contributed by atoms with van der Waals surface area (Å²) in [4.78, 5) is 2.32. The Morgan fingerprint density at radius 1 is 1.15 bits per heavy atom. The van der Waals surface area contributed by atoms with Gasteiger partial charge in [0.25, 0.3) is 0 Å². The number of nitrogens with zero attached hydrogens (tertiary/aromatic N) is 2. The molecule has 140 valence electrons. The standard InChI is InChI=1S/C22H21ClF2N2/c1-13-4-5-21-16(8-13)17-12-26(3)7-6-22(17)27(21)11-14(2)15-9-19(24)20(25)10-18(15)23/h4-5,8-11H,6-7,12H2,1-3H3. The second-order valence-electron chi connectivity index (χ2n) is 7.36. The highest BCUT2D eigenvalue weighted by molar-refractivity contribution is 6.32. The van der Waals surface area contributed by atoms with Gasteiger partial charge < -0.3 is 9.47 Å². The lowest BCUT2D eigenvalue weighted by atomic mass is 10.0. The zero-order valence-corrected chi connectivity index (χ0v) is 16.4. The average Bonchev–Trinajstić information content (AvgIpc) is 2.90. The molecule has 0 spiro atoms. The third-order valence-corrected chi connectivity index (χ3v) is 5.60. The summed E-state index contributed by atoms with van der Waals surface area (Å²) in [6.07, 6.45) is 2.93. The van der Waals surface area contributed by atoms with E-state index >= 15 is 0 Å². The SMILES string of the molecule is CC(=Cn1c2c(c3cc(C)ccc31)CN(C)CC2)c1cc(F)c(F)cc1Cl. The molecule has 4 rings (SSSR count). The molecular formula is C22H21ClF2N2. The van der Waals surface area contributed by atoms with Crippen LogP contribution in [-0.2, 0) is 13.0 Å². The van der Waals surface area contributed by atoms with Gasteiger partial charge in [0.15, 0.2) is 11.6 Å². The van der Waals surface area contributed by atoms with Gasteiger partial charge in [-0.05, 0) is 56.3 Å². The van der Waals surface area contributed by atoms with E-state index in [1.807, 2.05) is 13.1 Å². The maximum Gasteiger partial charge on any atom is 0.160 e. The van der Waals surface area contributed by atoms with Crippen LogP contribution in [0.15, 0.2) is 30.3 Å². The van der Waals surface area contributed by atoms with Gasteiger partial charge in [0.05, 0.1) is 10.5 Å². The molecule has 0 saturated carbocycles. The van der Waals surface area contributed by atoms with Crippen LogP contribution < -0.4 is 0 Å². The van der Waals surface area contributed by atoms with Crippen molar-refractivity contribution in [1.82, 2.24) is 9.47 Å². The highest BCUT2D eigenvalue weighted by Gasteiger charge is 2.22. The van der Waals surface area contributed by atoms with Crippen molar-refractivity contribution >= 4 is 34.3 Å². The minimum atomic E-state index is -0.932. The fourth-order valence-corrected chi connectivity index (χ4v) is 4.18. The Labute approximate surface area is 162 Å². The second-order valence-corrected chi connectivity index (χ2v) is 7.77. The Kier molecular flexibility index (Phi) is 4.57. The summed E-state index contributed by atoms with van der Waals surface area (Å²) in [5.74, 6) is -1.82. The fraction of sp³-hybridized carbons (Fsp3) is 0.273. The van der Waals surface area contributed by atoms with Crippen LogP contribution in [-0.4, -0.2) is 23.1 Å². The van der Waals surface area contributed by atoms with Crippen molar-refractivity contribution in [3.63, 3.8) is 0 Å². The third kappa shape index (κ3) is 3.17. The van der Waals surface area contributed by atoms with Crippen molar-refractivity contribution in [3.8, 4) is 0 Å². The molecule has 5 heteroatoms. The van der Waals surface area contributed by atoms with Gasteiger partial charge in [-0.1, -0.05) is 23.2 Å². The van der Waals surface area contributed by atoms with Gasteiger partial charge in [0.1, 0.15) is 0 Å². The molecule has 0 N–H and O–H groups in total. The number of fused-ring (bicyclic) bond motifs is 3. The number of allylic oxidation sites excluding steroid dienone is 1. The number of rotatable bonds is 2. The van der Waals surface area contributed by atoms with Crippen molar-refractivity contribution < 1.29 is 8.78 Å². The fourth-order valence-electron chi connectivity index (χ4n) is 3.88. The number of hydrogen-bond acceptors (Lipinski definition) is 1. The number of aromatic nitrogens is 1. The number of aryl methyl sites for hydroxylation is 1. The monoisotopic (exact) mass is 386 g/mol. The van der Waals surface area contributed by atoms with Crippen molar-refractivity contribution in [1.29, 1.82) is 0 Å². The molecule has 2 heterocycles. The summed E-state index contributed by atoms with van der Waals surface area (Å²) < 4.78 is 29.3. The molecule has 0 amide bonds. The number of hydrogen-bond donors (Lipinski definition) is 0. The zero-order valence-electron chi connectivity index (χ0n) is 15.6. The van der Waals surface area contributed by atoms with E-state index in [0.29, 0.717) is 5.56 Å². The van der Waals surface area contributed by atoms with Crippen LogP contribution >= 0.6 is 11.6 Å². The molecule has 0 aliphatic carbocycles. The average molecular weight is 387 g/mol. The first-order valence-electron chi connectivity index (χ1n) is 8.99. The molecule has 0 radical (unpaired) electrons. The topological polar surface area (TPSA) is 8.17 Å². The highest BCUT2D eigenvalue weighted by atomic mass is 35.5. The Balaban J connectivity index is 1.92. The van der Waals surface area contributed by atoms with Gasteiger partial charge in [-0.2, -0.15) is 0 Å². The molecule has 0 unspecified atom stereocenters. The summed E-state index contributed by atoms with van der Waals surface area (Å²) in [6.45, 7) is 5.86. The lowest BCUT2D eigenvalue weighted by Crippen LogP contribution is -2.26. The van der Waals surface area contributed by atoms with Crippen molar-refractivity contribution in [2.75, 3.05) is 13.6 Å². The molecule has 1 aliphatic heterocycles. The summed E-state index contributed by atoms with van der Waals surface area (Å²) in [5.41, 5.74) is 6.25. The Morgan fingerprint density at radius 3 is 2.67 bits per heavy atom. The Morgan fingerprint density at radius 2 is 1.89 bits per heavy atom. The normalized spacial score (nSPS) is 15.4. The summed E-state index contributed by atoms with van der Waals surface area (Å²) >= 11 is 6.17. The Bertz CT molecular complexity index is 1080. The third-order valence-electron chi connectivity index (χ3n) is 5.29. The molecule has 1 aromatic heterocycles. The second kappa shape index (κ2) is 6.77. The van der Waals surface area contributed by atoms with E-state index < -0.39 is 11.6 Å². The summed E-state index contributed by atoms with van der Waals surface area (Å²) in [5, 5.41) is 1.46. The predicted molar refractivity (Wildman–Crippen MR) is 108 cm³/mol. The quantitative estimate of drug-likeness (QED) is 0.499.